The van der Waals surface area contributed by atoms with Crippen molar-refractivity contribution in [2.45, 2.75) is 20.4 Å². The zero-order valence-corrected chi connectivity index (χ0v) is 18.1. The van der Waals surface area contributed by atoms with E-state index in [1.807, 2.05) is 55.5 Å². The van der Waals surface area contributed by atoms with Gasteiger partial charge in [0.2, 0.25) is 5.76 Å². The summed E-state index contributed by atoms with van der Waals surface area (Å²) < 4.78 is 13.7. The molecule has 4 aromatic rings. The molecular formula is C27H25NO4. The molecule has 4 rings (SSSR count). The molecule has 0 aliphatic heterocycles. The molecule has 0 amide bonds. The van der Waals surface area contributed by atoms with Crippen molar-refractivity contribution >= 4 is 22.9 Å². The van der Waals surface area contributed by atoms with Crippen molar-refractivity contribution in [3.8, 4) is 11.5 Å². The first kappa shape index (κ1) is 21.2. The third-order valence-corrected chi connectivity index (χ3v) is 5.21. The molecule has 5 heteroatoms. The van der Waals surface area contributed by atoms with Crippen molar-refractivity contribution in [2.75, 3.05) is 6.61 Å². The minimum Gasteiger partial charge on any atom is -0.492 e. The Morgan fingerprint density at radius 1 is 0.938 bits per heavy atom. The van der Waals surface area contributed by atoms with Gasteiger partial charge < -0.3 is 19.1 Å². The molecule has 1 aromatic heterocycles. The maximum absolute atomic E-state index is 11.6. The van der Waals surface area contributed by atoms with E-state index >= 15 is 0 Å². The van der Waals surface area contributed by atoms with E-state index in [-0.39, 0.29) is 5.76 Å². The van der Waals surface area contributed by atoms with Crippen LogP contribution in [0.3, 0.4) is 0 Å². The standard InChI is InChI=1S/C27H25NO4/c1-19-6-5-8-24(16-19)32-26(27(29)30)18-21-10-12-23(13-11-21)31-15-14-28-20(2)17-22-7-3-4-9-25(22)28/h3-13,16-18H,14-15H2,1-2H3,(H,29,30)/b26-18-. The summed E-state index contributed by atoms with van der Waals surface area (Å²) in [6, 6.07) is 25.1. The van der Waals surface area contributed by atoms with E-state index in [0.717, 1.165) is 23.4 Å². The van der Waals surface area contributed by atoms with Gasteiger partial charge in [-0.3, -0.25) is 0 Å². The van der Waals surface area contributed by atoms with Crippen molar-refractivity contribution in [1.29, 1.82) is 0 Å². The van der Waals surface area contributed by atoms with E-state index in [4.69, 9.17) is 9.47 Å². The van der Waals surface area contributed by atoms with E-state index in [0.29, 0.717) is 12.4 Å². The van der Waals surface area contributed by atoms with Crippen LogP contribution in [-0.4, -0.2) is 22.2 Å². The van der Waals surface area contributed by atoms with Gasteiger partial charge in [-0.15, -0.1) is 0 Å². The third kappa shape index (κ3) is 5.01. The Kier molecular flexibility index (Phi) is 6.26. The number of rotatable bonds is 8. The van der Waals surface area contributed by atoms with Gasteiger partial charge in [0.25, 0.3) is 0 Å². The van der Waals surface area contributed by atoms with Gasteiger partial charge in [0.05, 0.1) is 6.54 Å². The van der Waals surface area contributed by atoms with Gasteiger partial charge in [-0.05, 0) is 72.8 Å². The molecule has 0 unspecified atom stereocenters. The first-order valence-electron chi connectivity index (χ1n) is 10.5. The fraction of sp³-hybridized carbons (Fsp3) is 0.148. The second-order valence-electron chi connectivity index (χ2n) is 7.65. The first-order chi connectivity index (χ1) is 15.5. The number of carboxylic acids is 1. The zero-order chi connectivity index (χ0) is 22.5. The van der Waals surface area contributed by atoms with Crippen LogP contribution in [0.15, 0.2) is 84.6 Å². The first-order valence-corrected chi connectivity index (χ1v) is 10.5. The highest BCUT2D eigenvalue weighted by molar-refractivity contribution is 5.90. The Labute approximate surface area is 187 Å². The highest BCUT2D eigenvalue weighted by Crippen LogP contribution is 2.21. The molecule has 0 radical (unpaired) electrons. The van der Waals surface area contributed by atoms with Crippen LogP contribution in [0.4, 0.5) is 0 Å². The van der Waals surface area contributed by atoms with Crippen molar-refractivity contribution in [3.63, 3.8) is 0 Å². The summed E-state index contributed by atoms with van der Waals surface area (Å²) in [5.74, 6) is -0.0421. The number of benzene rings is 3. The summed E-state index contributed by atoms with van der Waals surface area (Å²) in [6.45, 7) is 5.30. The molecule has 1 N–H and O–H groups in total. The summed E-state index contributed by atoms with van der Waals surface area (Å²) >= 11 is 0. The van der Waals surface area contributed by atoms with Crippen LogP contribution < -0.4 is 9.47 Å². The summed E-state index contributed by atoms with van der Waals surface area (Å²) in [6.07, 6.45) is 1.50. The monoisotopic (exact) mass is 427 g/mol. The van der Waals surface area contributed by atoms with Gasteiger partial charge in [-0.25, -0.2) is 4.79 Å². The third-order valence-electron chi connectivity index (χ3n) is 5.21. The van der Waals surface area contributed by atoms with Gasteiger partial charge in [-0.1, -0.05) is 42.5 Å². The molecule has 0 fully saturated rings. The topological polar surface area (TPSA) is 60.7 Å². The van der Waals surface area contributed by atoms with Crippen molar-refractivity contribution in [1.82, 2.24) is 4.57 Å². The van der Waals surface area contributed by atoms with Gasteiger partial charge >= 0.3 is 5.97 Å². The van der Waals surface area contributed by atoms with Crippen LogP contribution in [0.2, 0.25) is 0 Å². The molecule has 0 aliphatic carbocycles. The molecule has 0 atom stereocenters. The summed E-state index contributed by atoms with van der Waals surface area (Å²) in [5.41, 5.74) is 4.11. The van der Waals surface area contributed by atoms with E-state index in [1.165, 1.54) is 22.7 Å². The fourth-order valence-corrected chi connectivity index (χ4v) is 3.65. The Hall–Kier alpha value is -3.99. The number of hydrogen-bond donors (Lipinski definition) is 1. The number of fused-ring (bicyclic) bond motifs is 1. The summed E-state index contributed by atoms with van der Waals surface area (Å²) in [5, 5.41) is 10.7. The minimum absolute atomic E-state index is 0.140. The van der Waals surface area contributed by atoms with E-state index < -0.39 is 5.97 Å². The molecule has 162 valence electrons. The second kappa shape index (κ2) is 9.43. The number of carbonyl (C=O) groups is 1. The maximum atomic E-state index is 11.6. The Morgan fingerprint density at radius 3 is 2.47 bits per heavy atom. The van der Waals surface area contributed by atoms with E-state index in [1.54, 1.807) is 12.1 Å². The molecule has 5 nitrogen and oxygen atoms in total. The van der Waals surface area contributed by atoms with E-state index in [2.05, 4.69) is 29.7 Å². The Balaban J connectivity index is 1.40. The lowest BCUT2D eigenvalue weighted by molar-refractivity contribution is -0.134. The largest absolute Gasteiger partial charge is 0.492 e. The highest BCUT2D eigenvalue weighted by atomic mass is 16.5. The van der Waals surface area contributed by atoms with Crippen molar-refractivity contribution in [2.24, 2.45) is 0 Å². The zero-order valence-electron chi connectivity index (χ0n) is 18.1. The molecule has 0 spiro atoms. The molecular weight excluding hydrogens is 402 g/mol. The Morgan fingerprint density at radius 2 is 1.72 bits per heavy atom. The van der Waals surface area contributed by atoms with Crippen LogP contribution >= 0.6 is 0 Å². The molecule has 0 saturated heterocycles. The average molecular weight is 428 g/mol. The quantitative estimate of drug-likeness (QED) is 0.283. The summed E-state index contributed by atoms with van der Waals surface area (Å²) in [4.78, 5) is 11.6. The Bertz CT molecular complexity index is 1270. The van der Waals surface area contributed by atoms with Crippen LogP contribution in [0.1, 0.15) is 16.8 Å². The molecule has 32 heavy (non-hydrogen) atoms. The lowest BCUT2D eigenvalue weighted by atomic mass is 10.2. The summed E-state index contributed by atoms with van der Waals surface area (Å²) in [7, 11) is 0. The smallest absolute Gasteiger partial charge is 0.371 e. The van der Waals surface area contributed by atoms with Crippen molar-refractivity contribution in [3.05, 3.63) is 101 Å². The SMILES string of the molecule is Cc1cccc(O/C(=C\c2ccc(OCCn3c(C)cc4ccccc43)cc2)C(=O)O)c1. The van der Waals surface area contributed by atoms with Crippen LogP contribution in [0.5, 0.6) is 11.5 Å². The van der Waals surface area contributed by atoms with Gasteiger partial charge in [-0.2, -0.15) is 0 Å². The van der Waals surface area contributed by atoms with E-state index in [9.17, 15) is 9.90 Å². The number of para-hydroxylation sites is 1. The predicted molar refractivity (Wildman–Crippen MR) is 126 cm³/mol. The average Bonchev–Trinajstić information content (AvgIpc) is 3.09. The normalized spacial score (nSPS) is 11.5. The highest BCUT2D eigenvalue weighted by Gasteiger charge is 2.11. The van der Waals surface area contributed by atoms with Gasteiger partial charge in [0.1, 0.15) is 18.1 Å². The van der Waals surface area contributed by atoms with Gasteiger partial charge in [0, 0.05) is 11.2 Å². The predicted octanol–water partition coefficient (Wildman–Crippen LogP) is 5.84. The van der Waals surface area contributed by atoms with Crippen LogP contribution in [0, 0.1) is 13.8 Å². The van der Waals surface area contributed by atoms with Crippen molar-refractivity contribution < 1.29 is 19.4 Å². The minimum atomic E-state index is -1.12. The number of hydrogen-bond acceptors (Lipinski definition) is 3. The molecule has 0 bridgehead atoms. The van der Waals surface area contributed by atoms with Crippen LogP contribution in [-0.2, 0) is 11.3 Å². The molecule has 0 saturated carbocycles. The number of aliphatic carboxylic acids is 1. The lowest BCUT2D eigenvalue weighted by Crippen LogP contribution is -2.09. The molecule has 1 heterocycles. The second-order valence-corrected chi connectivity index (χ2v) is 7.65. The molecule has 0 aliphatic rings. The number of aryl methyl sites for hydroxylation is 2. The molecule has 3 aromatic carbocycles. The fourth-order valence-electron chi connectivity index (χ4n) is 3.65. The maximum Gasteiger partial charge on any atom is 0.371 e. The number of ether oxygens (including phenoxy) is 2. The number of carboxylic acid groups (broad SMARTS) is 1. The van der Waals surface area contributed by atoms with Crippen LogP contribution in [0.25, 0.3) is 17.0 Å². The van der Waals surface area contributed by atoms with Gasteiger partial charge in [0.15, 0.2) is 0 Å². The lowest BCUT2D eigenvalue weighted by Gasteiger charge is -2.11. The number of nitrogens with zero attached hydrogens (tertiary/aromatic N) is 1. The number of aromatic nitrogens is 1.